The number of benzene rings is 2. The van der Waals surface area contributed by atoms with Gasteiger partial charge in [0.05, 0.1) is 42.0 Å². The maximum Gasteiger partial charge on any atom is 0.319 e. The van der Waals surface area contributed by atoms with Crippen molar-refractivity contribution in [2.45, 2.75) is 13.3 Å². The average Bonchev–Trinajstić information content (AvgIpc) is 3.23. The number of carbonyl (C=O) groups is 1. The lowest BCUT2D eigenvalue weighted by molar-refractivity contribution is 0.194. The summed E-state index contributed by atoms with van der Waals surface area (Å²) in [5.41, 5.74) is 3.76. The molecule has 0 saturated carbocycles. The number of carbonyl (C=O) groups excluding carboxylic acids is 1. The molecule has 10 nitrogen and oxygen atoms in total. The number of aryl methyl sites for hydroxylation is 1. The fourth-order valence-electron chi connectivity index (χ4n) is 3.79. The second-order valence-corrected chi connectivity index (χ2v) is 8.14. The normalized spacial score (nSPS) is 10.5. The van der Waals surface area contributed by atoms with Crippen LogP contribution in [-0.2, 0) is 4.74 Å². The number of methoxy groups -OCH3 is 2. The quantitative estimate of drug-likeness (QED) is 0.255. The molecule has 0 atom stereocenters. The summed E-state index contributed by atoms with van der Waals surface area (Å²) in [7, 11) is 3.21. The highest BCUT2D eigenvalue weighted by Crippen LogP contribution is 2.34. The van der Waals surface area contributed by atoms with Crippen molar-refractivity contribution in [2.24, 2.45) is 0 Å². The first-order chi connectivity index (χ1) is 18.0. The van der Waals surface area contributed by atoms with Crippen molar-refractivity contribution in [1.82, 2.24) is 14.9 Å². The summed E-state index contributed by atoms with van der Waals surface area (Å²) in [4.78, 5) is 12.3. The predicted molar refractivity (Wildman–Crippen MR) is 141 cm³/mol. The molecule has 0 aliphatic heterocycles. The third-order valence-corrected chi connectivity index (χ3v) is 5.66. The Kier molecular flexibility index (Phi) is 8.08. The zero-order valence-electron chi connectivity index (χ0n) is 20.9. The van der Waals surface area contributed by atoms with Gasteiger partial charge in [-0.05, 0) is 49.7 Å². The van der Waals surface area contributed by atoms with Crippen molar-refractivity contribution in [2.75, 3.05) is 38.0 Å². The molecule has 0 saturated heterocycles. The van der Waals surface area contributed by atoms with Gasteiger partial charge in [0.1, 0.15) is 11.8 Å². The largest absolute Gasteiger partial charge is 0.493 e. The molecule has 4 aromatic rings. The van der Waals surface area contributed by atoms with Crippen molar-refractivity contribution in [3.8, 4) is 23.3 Å². The summed E-state index contributed by atoms with van der Waals surface area (Å²) in [5, 5.41) is 23.1. The van der Waals surface area contributed by atoms with Crippen molar-refractivity contribution in [3.63, 3.8) is 0 Å². The zero-order valence-corrected chi connectivity index (χ0v) is 20.9. The Labute approximate surface area is 214 Å². The highest BCUT2D eigenvalue weighted by molar-refractivity contribution is 5.94. The van der Waals surface area contributed by atoms with Crippen LogP contribution in [0.1, 0.15) is 17.5 Å². The lowest BCUT2D eigenvalue weighted by atomic mass is 10.1. The fraction of sp³-hybridized carbons (Fsp3) is 0.222. The summed E-state index contributed by atoms with van der Waals surface area (Å²) < 4.78 is 17.9. The summed E-state index contributed by atoms with van der Waals surface area (Å²) in [6, 6.07) is 16.6. The van der Waals surface area contributed by atoms with E-state index in [0.717, 1.165) is 11.3 Å². The van der Waals surface area contributed by atoms with Gasteiger partial charge in [-0.3, -0.25) is 0 Å². The third-order valence-electron chi connectivity index (χ3n) is 5.66. The molecule has 0 fully saturated rings. The molecule has 0 aliphatic rings. The first-order valence-corrected chi connectivity index (χ1v) is 11.7. The molecule has 0 aliphatic carbocycles. The summed E-state index contributed by atoms with van der Waals surface area (Å²) >= 11 is 0. The number of nitrogens with one attached hydrogen (secondary N) is 3. The maximum atomic E-state index is 12.3. The molecule has 2 aromatic heterocycles. The Hall–Kier alpha value is -4.75. The van der Waals surface area contributed by atoms with Crippen LogP contribution in [0.25, 0.3) is 5.52 Å². The molecule has 4 rings (SSSR count). The number of urea groups is 1. The van der Waals surface area contributed by atoms with E-state index >= 15 is 0 Å². The Bertz CT molecular complexity index is 1430. The van der Waals surface area contributed by atoms with Gasteiger partial charge in [-0.15, -0.1) is 0 Å². The van der Waals surface area contributed by atoms with Gasteiger partial charge in [0.15, 0.2) is 11.5 Å². The van der Waals surface area contributed by atoms with Crippen molar-refractivity contribution in [3.05, 3.63) is 72.1 Å². The fourth-order valence-corrected chi connectivity index (χ4v) is 3.79. The molecule has 3 N–H and O–H groups in total. The minimum absolute atomic E-state index is 0.323. The molecule has 2 heterocycles. The van der Waals surface area contributed by atoms with Gasteiger partial charge in [0, 0.05) is 31.5 Å². The van der Waals surface area contributed by atoms with Crippen LogP contribution in [-0.4, -0.2) is 43.0 Å². The van der Waals surface area contributed by atoms with Gasteiger partial charge < -0.3 is 30.2 Å². The van der Waals surface area contributed by atoms with Crippen LogP contribution < -0.4 is 25.4 Å². The van der Waals surface area contributed by atoms with Crippen LogP contribution in [0.4, 0.5) is 21.9 Å². The zero-order chi connectivity index (χ0) is 26.2. The molecule has 0 bridgehead atoms. The predicted octanol–water partition coefficient (Wildman–Crippen LogP) is 5.22. The molecule has 2 amide bonds. The molecular formula is C27H28N6O4. The Balaban J connectivity index is 1.55. The van der Waals surface area contributed by atoms with E-state index in [-0.39, 0.29) is 6.03 Å². The Morgan fingerprint density at radius 3 is 2.57 bits per heavy atom. The monoisotopic (exact) mass is 500 g/mol. The minimum atomic E-state index is -0.323. The number of nitriles is 1. The van der Waals surface area contributed by atoms with E-state index in [1.165, 1.54) is 6.20 Å². The van der Waals surface area contributed by atoms with E-state index in [0.29, 0.717) is 59.3 Å². The lowest BCUT2D eigenvalue weighted by Gasteiger charge is -2.13. The number of rotatable bonds is 10. The Morgan fingerprint density at radius 2 is 1.86 bits per heavy atom. The third kappa shape index (κ3) is 5.91. The SMILES string of the molecule is COCCCNC(=O)Nc1cn2ncc(C#N)c(Nc3ccc(Oc4ccccc4OC)cc3)c2c1C. The molecule has 10 heteroatoms. The van der Waals surface area contributed by atoms with E-state index in [1.807, 2.05) is 55.5 Å². The van der Waals surface area contributed by atoms with Gasteiger partial charge in [0.2, 0.25) is 0 Å². The van der Waals surface area contributed by atoms with E-state index in [4.69, 9.17) is 14.2 Å². The van der Waals surface area contributed by atoms with Gasteiger partial charge in [-0.2, -0.15) is 10.4 Å². The van der Waals surface area contributed by atoms with Gasteiger partial charge in [-0.1, -0.05) is 12.1 Å². The molecular weight excluding hydrogens is 472 g/mol. The minimum Gasteiger partial charge on any atom is -0.493 e. The van der Waals surface area contributed by atoms with Crippen molar-refractivity contribution < 1.29 is 19.0 Å². The highest BCUT2D eigenvalue weighted by Gasteiger charge is 2.17. The lowest BCUT2D eigenvalue weighted by Crippen LogP contribution is -2.30. The molecule has 190 valence electrons. The van der Waals surface area contributed by atoms with Gasteiger partial charge in [-0.25, -0.2) is 9.31 Å². The van der Waals surface area contributed by atoms with E-state index in [9.17, 15) is 10.1 Å². The second kappa shape index (κ2) is 11.8. The van der Waals surface area contributed by atoms with Crippen LogP contribution in [0.2, 0.25) is 0 Å². The van der Waals surface area contributed by atoms with Crippen LogP contribution in [0.5, 0.6) is 17.2 Å². The topological polar surface area (TPSA) is 122 Å². The number of hydrogen-bond acceptors (Lipinski definition) is 7. The smallest absolute Gasteiger partial charge is 0.319 e. The number of ether oxygens (including phenoxy) is 3. The first-order valence-electron chi connectivity index (χ1n) is 11.7. The van der Waals surface area contributed by atoms with Crippen LogP contribution >= 0.6 is 0 Å². The van der Waals surface area contributed by atoms with Crippen molar-refractivity contribution in [1.29, 1.82) is 5.26 Å². The number of hydrogen-bond donors (Lipinski definition) is 3. The van der Waals surface area contributed by atoms with Gasteiger partial charge in [0.25, 0.3) is 0 Å². The van der Waals surface area contributed by atoms with Gasteiger partial charge >= 0.3 is 6.03 Å². The van der Waals surface area contributed by atoms with E-state index < -0.39 is 0 Å². The highest BCUT2D eigenvalue weighted by atomic mass is 16.5. The summed E-state index contributed by atoms with van der Waals surface area (Å²) in [6.07, 6.45) is 3.92. The molecule has 0 unspecified atom stereocenters. The number of aromatic nitrogens is 2. The first kappa shape index (κ1) is 25.3. The van der Waals surface area contributed by atoms with Crippen molar-refractivity contribution >= 4 is 28.6 Å². The Morgan fingerprint density at radius 1 is 1.11 bits per heavy atom. The standard InChI is InChI=1S/C27H28N6O4/c1-18-22(32-27(34)29-13-6-14-35-2)17-33-26(18)25(19(15-28)16-30-33)31-20-9-11-21(12-10-20)37-24-8-5-4-7-23(24)36-3/h4-5,7-12,16-17,31H,6,13-14H2,1-3H3,(H2,29,32,34). The van der Waals surface area contributed by atoms with E-state index in [1.54, 1.807) is 24.9 Å². The van der Waals surface area contributed by atoms with Crippen LogP contribution in [0, 0.1) is 18.3 Å². The van der Waals surface area contributed by atoms with Crippen LogP contribution in [0.3, 0.4) is 0 Å². The number of fused-ring (bicyclic) bond motifs is 1. The summed E-state index contributed by atoms with van der Waals surface area (Å²) in [6.45, 7) is 2.93. The number of nitrogens with zero attached hydrogens (tertiary/aromatic N) is 3. The molecule has 2 aromatic carbocycles. The summed E-state index contributed by atoms with van der Waals surface area (Å²) in [5.74, 6) is 1.89. The van der Waals surface area contributed by atoms with Crippen LogP contribution in [0.15, 0.2) is 60.9 Å². The molecule has 0 spiro atoms. The number of anilines is 3. The molecule has 37 heavy (non-hydrogen) atoms. The number of para-hydroxylation sites is 2. The maximum absolute atomic E-state index is 12.3. The number of amides is 2. The average molecular weight is 501 g/mol. The van der Waals surface area contributed by atoms with E-state index in [2.05, 4.69) is 27.1 Å². The second-order valence-electron chi connectivity index (χ2n) is 8.14. The molecule has 0 radical (unpaired) electrons.